The highest BCUT2D eigenvalue weighted by molar-refractivity contribution is 9.10. The lowest BCUT2D eigenvalue weighted by Gasteiger charge is -2.03. The molecule has 0 saturated carbocycles. The number of ether oxygens (including phenoxy) is 1. The van der Waals surface area contributed by atoms with E-state index < -0.39 is 20.0 Å². The van der Waals surface area contributed by atoms with Crippen LogP contribution in [0, 0.1) is 0 Å². The van der Waals surface area contributed by atoms with Crippen LogP contribution in [0.15, 0.2) is 16.5 Å². The minimum atomic E-state index is -3.31. The van der Waals surface area contributed by atoms with E-state index in [2.05, 4.69) is 15.9 Å². The van der Waals surface area contributed by atoms with Crippen LogP contribution < -0.4 is 0 Å². The van der Waals surface area contributed by atoms with E-state index in [-0.39, 0.29) is 18.1 Å². The van der Waals surface area contributed by atoms with E-state index in [1.807, 2.05) is 0 Å². The Bertz CT molecular complexity index is 476. The largest absolute Gasteiger partial charge is 0.460 e. The van der Waals surface area contributed by atoms with Crippen molar-refractivity contribution in [1.82, 2.24) is 0 Å². The highest BCUT2D eigenvalue weighted by atomic mass is 79.9. The average Bonchev–Trinajstić information content (AvgIpc) is 2.64. The zero-order valence-corrected chi connectivity index (χ0v) is 11.2. The van der Waals surface area contributed by atoms with Crippen LogP contribution in [0.5, 0.6) is 0 Å². The third-order valence-corrected chi connectivity index (χ3v) is 5.18. The average molecular weight is 311 g/mol. The van der Waals surface area contributed by atoms with Gasteiger partial charge in [-0.25, -0.2) is 13.2 Å². The summed E-state index contributed by atoms with van der Waals surface area (Å²) in [6.07, 6.45) is 1.07. The summed E-state index contributed by atoms with van der Waals surface area (Å²) >= 11 is 2.97. The second kappa shape index (κ2) is 5.01. The van der Waals surface area contributed by atoms with Crippen molar-refractivity contribution in [3.8, 4) is 0 Å². The summed E-state index contributed by atoms with van der Waals surface area (Å²) in [6, 6.07) is 2.81. The molecule has 0 amide bonds. The summed E-state index contributed by atoms with van der Waals surface area (Å²) < 4.78 is 31.3. The lowest BCUT2D eigenvalue weighted by atomic mass is 10.4. The fourth-order valence-corrected chi connectivity index (χ4v) is 1.79. The van der Waals surface area contributed by atoms with Crippen LogP contribution in [0.25, 0.3) is 0 Å². The fraction of sp³-hybridized carbons (Fsp3) is 0.444. The Kier molecular flexibility index (Phi) is 4.15. The molecule has 1 heterocycles. The summed E-state index contributed by atoms with van der Waals surface area (Å²) in [7, 11) is -3.31. The first kappa shape index (κ1) is 13.2. The number of sulfone groups is 1. The molecule has 0 bridgehead atoms. The maximum atomic E-state index is 11.2. The number of carbonyl (C=O) groups is 1. The number of halogens is 1. The predicted molar refractivity (Wildman–Crippen MR) is 61.2 cm³/mol. The van der Waals surface area contributed by atoms with Crippen molar-refractivity contribution in [1.29, 1.82) is 0 Å². The number of rotatable bonds is 4. The van der Waals surface area contributed by atoms with Crippen molar-refractivity contribution in [2.75, 3.05) is 12.9 Å². The Balaban J connectivity index is 2.91. The highest BCUT2D eigenvalue weighted by Crippen LogP contribution is 2.29. The van der Waals surface area contributed by atoms with Crippen molar-refractivity contribution >= 4 is 31.7 Å². The molecule has 0 aliphatic carbocycles. The molecule has 0 saturated heterocycles. The van der Waals surface area contributed by atoms with Crippen LogP contribution in [-0.4, -0.2) is 27.2 Å². The van der Waals surface area contributed by atoms with Crippen LogP contribution in [0.3, 0.4) is 0 Å². The number of hydrogen-bond donors (Lipinski definition) is 0. The molecule has 1 atom stereocenters. The highest BCUT2D eigenvalue weighted by Gasteiger charge is 2.24. The molecule has 7 heteroatoms. The van der Waals surface area contributed by atoms with Crippen LogP contribution in [0.4, 0.5) is 0 Å². The molecule has 1 unspecified atom stereocenters. The molecular formula is C9H11BrO5S. The molecule has 0 N–H and O–H groups in total. The maximum Gasteiger partial charge on any atom is 0.374 e. The van der Waals surface area contributed by atoms with E-state index in [0.717, 1.165) is 6.26 Å². The molecule has 0 spiro atoms. The van der Waals surface area contributed by atoms with Gasteiger partial charge in [0.15, 0.2) is 14.0 Å². The Labute approximate surface area is 102 Å². The van der Waals surface area contributed by atoms with Crippen molar-refractivity contribution in [3.63, 3.8) is 0 Å². The molecule has 16 heavy (non-hydrogen) atoms. The van der Waals surface area contributed by atoms with Crippen molar-refractivity contribution in [2.45, 2.75) is 11.1 Å². The third-order valence-electron chi connectivity index (χ3n) is 1.70. The van der Waals surface area contributed by atoms with Gasteiger partial charge in [0, 0.05) is 6.26 Å². The molecule has 0 radical (unpaired) electrons. The Morgan fingerprint density at radius 1 is 1.56 bits per heavy atom. The molecule has 1 aromatic heterocycles. The Morgan fingerprint density at radius 2 is 2.19 bits per heavy atom. The molecule has 1 aromatic rings. The van der Waals surface area contributed by atoms with E-state index >= 15 is 0 Å². The van der Waals surface area contributed by atoms with Gasteiger partial charge in [-0.1, -0.05) is 15.9 Å². The topological polar surface area (TPSA) is 73.6 Å². The molecule has 0 aliphatic rings. The van der Waals surface area contributed by atoms with Crippen molar-refractivity contribution in [3.05, 3.63) is 23.7 Å². The summed E-state index contributed by atoms with van der Waals surface area (Å²) in [4.78, 5) is 11.2. The standard InChI is InChI=1S/C9H11BrO5S/c1-3-14-9(11)7-5-4-6(15-7)8(10)16(2,12)13/h4-5,8H,3H2,1-2H3. The number of furan rings is 1. The second-order valence-corrected chi connectivity index (χ2v) is 6.72. The summed E-state index contributed by atoms with van der Waals surface area (Å²) in [5.74, 6) is -0.461. The SMILES string of the molecule is CCOC(=O)c1ccc(C(Br)S(C)(=O)=O)o1. The lowest BCUT2D eigenvalue weighted by Crippen LogP contribution is -2.05. The first-order valence-corrected chi connectivity index (χ1v) is 7.33. The van der Waals surface area contributed by atoms with Gasteiger partial charge in [0.05, 0.1) is 6.61 Å². The van der Waals surface area contributed by atoms with E-state index in [1.165, 1.54) is 12.1 Å². The quantitative estimate of drug-likeness (QED) is 0.627. The van der Waals surface area contributed by atoms with Crippen LogP contribution in [-0.2, 0) is 14.6 Å². The number of alkyl halides is 1. The van der Waals surface area contributed by atoms with Crippen molar-refractivity contribution < 1.29 is 22.4 Å². The van der Waals surface area contributed by atoms with Gasteiger partial charge in [-0.15, -0.1) is 0 Å². The zero-order valence-electron chi connectivity index (χ0n) is 8.77. The molecule has 90 valence electrons. The summed E-state index contributed by atoms with van der Waals surface area (Å²) in [5, 5.41) is 0. The van der Waals surface area contributed by atoms with E-state index in [9.17, 15) is 13.2 Å². The van der Waals surface area contributed by atoms with E-state index in [4.69, 9.17) is 9.15 Å². The zero-order chi connectivity index (χ0) is 12.3. The van der Waals surface area contributed by atoms with Crippen LogP contribution in [0.1, 0.15) is 27.4 Å². The molecule has 0 aromatic carbocycles. The lowest BCUT2D eigenvalue weighted by molar-refractivity contribution is 0.0488. The number of hydrogen-bond acceptors (Lipinski definition) is 5. The second-order valence-electron chi connectivity index (χ2n) is 3.07. The van der Waals surface area contributed by atoms with Gasteiger partial charge in [-0.05, 0) is 19.1 Å². The maximum absolute atomic E-state index is 11.2. The number of esters is 1. The minimum absolute atomic E-state index is 0.00931. The van der Waals surface area contributed by atoms with Crippen LogP contribution in [0.2, 0.25) is 0 Å². The summed E-state index contributed by atoms with van der Waals surface area (Å²) in [6.45, 7) is 1.91. The van der Waals surface area contributed by atoms with Gasteiger partial charge < -0.3 is 9.15 Å². The van der Waals surface area contributed by atoms with E-state index in [1.54, 1.807) is 6.92 Å². The van der Waals surface area contributed by atoms with Gasteiger partial charge >= 0.3 is 5.97 Å². The molecule has 1 rings (SSSR count). The van der Waals surface area contributed by atoms with Gasteiger partial charge in [-0.3, -0.25) is 0 Å². The van der Waals surface area contributed by atoms with E-state index in [0.29, 0.717) is 0 Å². The summed E-state index contributed by atoms with van der Waals surface area (Å²) in [5.41, 5.74) is 0. The monoisotopic (exact) mass is 310 g/mol. The fourth-order valence-electron chi connectivity index (χ4n) is 0.998. The first-order valence-electron chi connectivity index (χ1n) is 4.46. The molecular weight excluding hydrogens is 300 g/mol. The molecule has 0 fully saturated rings. The molecule has 5 nitrogen and oxygen atoms in total. The van der Waals surface area contributed by atoms with Gasteiger partial charge in [0.2, 0.25) is 5.76 Å². The Hall–Kier alpha value is -0.820. The minimum Gasteiger partial charge on any atom is -0.460 e. The Morgan fingerprint density at radius 3 is 2.69 bits per heavy atom. The van der Waals surface area contributed by atoms with Crippen molar-refractivity contribution in [2.24, 2.45) is 0 Å². The molecule has 0 aliphatic heterocycles. The van der Waals surface area contributed by atoms with Crippen LogP contribution >= 0.6 is 15.9 Å². The smallest absolute Gasteiger partial charge is 0.374 e. The third kappa shape index (κ3) is 3.08. The van der Waals surface area contributed by atoms with Gasteiger partial charge in [0.25, 0.3) is 0 Å². The number of carbonyl (C=O) groups excluding carboxylic acids is 1. The van der Waals surface area contributed by atoms with Gasteiger partial charge in [0.1, 0.15) is 5.76 Å². The predicted octanol–water partition coefficient (Wildman–Crippen LogP) is 1.89. The van der Waals surface area contributed by atoms with Gasteiger partial charge in [-0.2, -0.15) is 0 Å². The first-order chi connectivity index (χ1) is 7.36. The normalized spacial score (nSPS) is 13.4.